The van der Waals surface area contributed by atoms with Gasteiger partial charge in [0.25, 0.3) is 0 Å². The van der Waals surface area contributed by atoms with Crippen molar-refractivity contribution in [3.63, 3.8) is 0 Å². The van der Waals surface area contributed by atoms with Crippen LogP contribution in [0.5, 0.6) is 0 Å². The highest BCUT2D eigenvalue weighted by atomic mass is 16.5. The summed E-state index contributed by atoms with van der Waals surface area (Å²) < 4.78 is 5.51. The maximum atomic E-state index is 12.5. The summed E-state index contributed by atoms with van der Waals surface area (Å²) in [7, 11) is 0. The van der Waals surface area contributed by atoms with Crippen LogP contribution >= 0.6 is 0 Å². The molecule has 0 saturated heterocycles. The Kier molecular flexibility index (Phi) is 71.4. The largest absolute Gasteiger partial charge is 0.466 e. The summed E-state index contributed by atoms with van der Waals surface area (Å²) in [5.41, 5.74) is 0. The number of aliphatic hydroxyl groups excluding tert-OH is 2. The van der Waals surface area contributed by atoms with Gasteiger partial charge in [-0.2, -0.15) is 0 Å². The zero-order valence-corrected chi connectivity index (χ0v) is 56.5. The molecule has 0 heterocycles. The van der Waals surface area contributed by atoms with E-state index < -0.39 is 12.1 Å². The van der Waals surface area contributed by atoms with Crippen LogP contribution in [0.4, 0.5) is 0 Å². The van der Waals surface area contributed by atoms with Gasteiger partial charge in [0.15, 0.2) is 0 Å². The normalized spacial score (nSPS) is 12.6. The molecule has 0 aliphatic carbocycles. The lowest BCUT2D eigenvalue weighted by molar-refractivity contribution is -0.143. The average molecular weight is 1170 g/mol. The minimum Gasteiger partial charge on any atom is -0.466 e. The number of aliphatic hydroxyl groups is 2. The molecule has 6 heteroatoms. The molecule has 0 saturated carbocycles. The van der Waals surface area contributed by atoms with E-state index in [1.807, 2.05) is 6.08 Å². The Morgan fingerprint density at radius 2 is 0.566 bits per heavy atom. The monoisotopic (exact) mass is 1170 g/mol. The van der Waals surface area contributed by atoms with E-state index in [4.69, 9.17) is 4.74 Å². The lowest BCUT2D eigenvalue weighted by Gasteiger charge is -2.20. The number of ether oxygens (including phenoxy) is 1. The standard InChI is InChI=1S/C77H149NO5/c1-3-5-7-9-11-13-15-17-19-21-23-24-27-30-34-37-41-45-49-53-57-61-65-69-75(80)74(73-79)78-76(81)70-66-62-58-54-50-46-42-38-35-31-28-25-26-29-32-36-40-44-48-52-56-60-64-68-72-83-77(82)71-67-63-59-55-51-47-43-39-33-22-20-18-16-14-12-10-8-6-4-2/h28,31,65,69,74-75,79-80H,3-27,29-30,32-64,66-68,70-73H2,1-2H3,(H,78,81)/b31-28-,69-65+. The van der Waals surface area contributed by atoms with E-state index in [-0.39, 0.29) is 18.5 Å². The van der Waals surface area contributed by atoms with Gasteiger partial charge in [0, 0.05) is 12.8 Å². The van der Waals surface area contributed by atoms with Crippen molar-refractivity contribution in [2.45, 2.75) is 443 Å². The molecule has 0 aliphatic rings. The van der Waals surface area contributed by atoms with E-state index in [1.54, 1.807) is 6.08 Å². The SMILES string of the molecule is CCCCCCCCCCCCCCCCCCCCCCC/C=C/C(O)C(CO)NC(=O)CCCCCCCCCC/C=C\CCCCCCCCCCCCCCOC(=O)CCCCCCCCCCCCCCCCCCCCC. The predicted molar refractivity (Wildman–Crippen MR) is 366 cm³/mol. The number of hydrogen-bond acceptors (Lipinski definition) is 5. The molecule has 6 nitrogen and oxygen atoms in total. The molecule has 0 rings (SSSR count). The highest BCUT2D eigenvalue weighted by molar-refractivity contribution is 5.76. The molecule has 0 fully saturated rings. The molecular formula is C77H149NO5. The van der Waals surface area contributed by atoms with E-state index in [1.165, 1.54) is 366 Å². The summed E-state index contributed by atoms with van der Waals surface area (Å²) in [6.45, 7) is 4.95. The molecule has 83 heavy (non-hydrogen) atoms. The fraction of sp³-hybridized carbons (Fsp3) is 0.922. The number of amides is 1. The molecule has 0 radical (unpaired) electrons. The Bertz CT molecular complexity index is 1300. The average Bonchev–Trinajstić information content (AvgIpc) is 3.49. The zero-order chi connectivity index (χ0) is 59.9. The lowest BCUT2D eigenvalue weighted by Crippen LogP contribution is -2.45. The Morgan fingerprint density at radius 1 is 0.325 bits per heavy atom. The van der Waals surface area contributed by atoms with Crippen LogP contribution in [0.3, 0.4) is 0 Å². The summed E-state index contributed by atoms with van der Waals surface area (Å²) in [5.74, 6) is -0.0498. The summed E-state index contributed by atoms with van der Waals surface area (Å²) in [6, 6.07) is -0.633. The minimum atomic E-state index is -0.849. The van der Waals surface area contributed by atoms with Crippen LogP contribution in [0.15, 0.2) is 24.3 Å². The summed E-state index contributed by atoms with van der Waals surface area (Å²) >= 11 is 0. The van der Waals surface area contributed by atoms with Gasteiger partial charge in [0.1, 0.15) is 0 Å². The van der Waals surface area contributed by atoms with E-state index in [0.717, 1.165) is 38.5 Å². The molecule has 0 bridgehead atoms. The highest BCUT2D eigenvalue weighted by Gasteiger charge is 2.18. The number of esters is 1. The number of carbonyl (C=O) groups excluding carboxylic acids is 2. The van der Waals surface area contributed by atoms with Gasteiger partial charge in [0.2, 0.25) is 5.91 Å². The van der Waals surface area contributed by atoms with Gasteiger partial charge < -0.3 is 20.3 Å². The van der Waals surface area contributed by atoms with Crippen LogP contribution in [0.2, 0.25) is 0 Å². The summed E-state index contributed by atoms with van der Waals surface area (Å²) in [5, 5.41) is 23.3. The fourth-order valence-corrected chi connectivity index (χ4v) is 12.2. The lowest BCUT2D eigenvalue weighted by atomic mass is 10.0. The smallest absolute Gasteiger partial charge is 0.305 e. The van der Waals surface area contributed by atoms with E-state index in [9.17, 15) is 19.8 Å². The van der Waals surface area contributed by atoms with Crippen LogP contribution < -0.4 is 5.32 Å². The third-order valence-electron chi connectivity index (χ3n) is 18.0. The number of carbonyl (C=O) groups is 2. The van der Waals surface area contributed by atoms with Crippen molar-refractivity contribution in [2.24, 2.45) is 0 Å². The van der Waals surface area contributed by atoms with Crippen LogP contribution in [0, 0.1) is 0 Å². The van der Waals surface area contributed by atoms with Crippen LogP contribution in [-0.2, 0) is 14.3 Å². The number of rotatable bonds is 72. The fourth-order valence-electron chi connectivity index (χ4n) is 12.2. The van der Waals surface area contributed by atoms with Crippen molar-refractivity contribution in [2.75, 3.05) is 13.2 Å². The van der Waals surface area contributed by atoms with Crippen LogP contribution in [0.25, 0.3) is 0 Å². The highest BCUT2D eigenvalue weighted by Crippen LogP contribution is 2.19. The number of hydrogen-bond donors (Lipinski definition) is 3. The van der Waals surface area contributed by atoms with Gasteiger partial charge in [-0.15, -0.1) is 0 Å². The second kappa shape index (κ2) is 72.8. The van der Waals surface area contributed by atoms with Gasteiger partial charge in [0.05, 0.1) is 25.4 Å². The third kappa shape index (κ3) is 69.3. The zero-order valence-electron chi connectivity index (χ0n) is 56.5. The summed E-state index contributed by atoms with van der Waals surface area (Å²) in [6.07, 6.45) is 92.8. The Hall–Kier alpha value is -1.66. The first-order valence-electron chi connectivity index (χ1n) is 38.1. The molecule has 3 N–H and O–H groups in total. The second-order valence-electron chi connectivity index (χ2n) is 26.3. The Balaban J connectivity index is 3.40. The number of unbranched alkanes of at least 4 members (excludes halogenated alkanes) is 59. The first-order chi connectivity index (χ1) is 41.0. The molecule has 0 aliphatic heterocycles. The van der Waals surface area contributed by atoms with E-state index in [2.05, 4.69) is 31.3 Å². The van der Waals surface area contributed by atoms with Gasteiger partial charge in [-0.3, -0.25) is 9.59 Å². The molecule has 0 aromatic rings. The topological polar surface area (TPSA) is 95.9 Å². The molecular weight excluding hydrogens is 1020 g/mol. The maximum absolute atomic E-state index is 12.5. The van der Waals surface area contributed by atoms with E-state index >= 15 is 0 Å². The maximum Gasteiger partial charge on any atom is 0.305 e. The number of nitrogens with one attached hydrogen (secondary N) is 1. The molecule has 2 atom stereocenters. The van der Waals surface area contributed by atoms with Gasteiger partial charge >= 0.3 is 5.97 Å². The van der Waals surface area contributed by atoms with Crippen LogP contribution in [-0.4, -0.2) is 47.4 Å². The van der Waals surface area contributed by atoms with Crippen molar-refractivity contribution in [3.8, 4) is 0 Å². The molecule has 1 amide bonds. The van der Waals surface area contributed by atoms with Crippen molar-refractivity contribution < 1.29 is 24.5 Å². The quantitative estimate of drug-likeness (QED) is 0.0320. The van der Waals surface area contributed by atoms with E-state index in [0.29, 0.717) is 19.4 Å². The van der Waals surface area contributed by atoms with Crippen molar-refractivity contribution in [3.05, 3.63) is 24.3 Å². The van der Waals surface area contributed by atoms with Crippen molar-refractivity contribution in [1.82, 2.24) is 5.32 Å². The van der Waals surface area contributed by atoms with Gasteiger partial charge in [-0.1, -0.05) is 385 Å². The van der Waals surface area contributed by atoms with Gasteiger partial charge in [-0.05, 0) is 57.8 Å². The molecule has 2 unspecified atom stereocenters. The first-order valence-corrected chi connectivity index (χ1v) is 38.1. The predicted octanol–water partition coefficient (Wildman–Crippen LogP) is 24.9. The van der Waals surface area contributed by atoms with Gasteiger partial charge in [-0.25, -0.2) is 0 Å². The molecule has 0 aromatic heterocycles. The Morgan fingerprint density at radius 3 is 0.855 bits per heavy atom. The van der Waals surface area contributed by atoms with Crippen molar-refractivity contribution in [1.29, 1.82) is 0 Å². The number of allylic oxidation sites excluding steroid dienone is 3. The molecule has 0 spiro atoms. The Labute approximate surface area is 520 Å². The van der Waals surface area contributed by atoms with Crippen molar-refractivity contribution >= 4 is 11.9 Å². The van der Waals surface area contributed by atoms with Crippen LogP contribution in [0.1, 0.15) is 431 Å². The molecule has 492 valence electrons. The first kappa shape index (κ1) is 81.3. The third-order valence-corrected chi connectivity index (χ3v) is 18.0. The second-order valence-corrected chi connectivity index (χ2v) is 26.3. The summed E-state index contributed by atoms with van der Waals surface area (Å²) in [4.78, 5) is 24.7. The molecule has 0 aromatic carbocycles. The minimum absolute atomic E-state index is 0.0180.